The molecule has 0 radical (unpaired) electrons. The molecule has 2 rings (SSSR count). The van der Waals surface area contributed by atoms with E-state index in [2.05, 4.69) is 26.2 Å². The van der Waals surface area contributed by atoms with Gasteiger partial charge in [-0.2, -0.15) is 0 Å². The Balaban J connectivity index is 2.37. The molecule has 1 amide bonds. The summed E-state index contributed by atoms with van der Waals surface area (Å²) in [4.78, 5) is 15.2. The summed E-state index contributed by atoms with van der Waals surface area (Å²) >= 11 is 3.44. The molecule has 0 bridgehead atoms. The monoisotopic (exact) mass is 270 g/mol. The number of rotatable bonds is 2. The predicted molar refractivity (Wildman–Crippen MR) is 58.9 cm³/mol. The van der Waals surface area contributed by atoms with Crippen molar-refractivity contribution in [3.8, 4) is 5.75 Å². The lowest BCUT2D eigenvalue weighted by molar-refractivity contribution is -0.119. The molecule has 4 nitrogen and oxygen atoms in total. The van der Waals surface area contributed by atoms with Gasteiger partial charge >= 0.3 is 0 Å². The molecule has 1 unspecified atom stereocenters. The highest BCUT2D eigenvalue weighted by Gasteiger charge is 2.27. The van der Waals surface area contributed by atoms with Gasteiger partial charge in [0.2, 0.25) is 5.91 Å². The number of amides is 1. The van der Waals surface area contributed by atoms with E-state index in [1.165, 1.54) is 0 Å². The maximum Gasteiger partial charge on any atom is 0.220 e. The highest BCUT2D eigenvalue weighted by Crippen LogP contribution is 2.35. The number of methoxy groups -OCH3 is 1. The topological polar surface area (TPSA) is 51.2 Å². The maximum absolute atomic E-state index is 11.2. The molecule has 5 heteroatoms. The molecular formula is C10H11BrN2O2. The molecule has 0 spiro atoms. The fraction of sp³-hybridized carbons (Fsp3) is 0.400. The van der Waals surface area contributed by atoms with Gasteiger partial charge in [-0.25, -0.2) is 0 Å². The number of hydrogen-bond donors (Lipinski definition) is 1. The summed E-state index contributed by atoms with van der Waals surface area (Å²) in [5, 5.41) is 2.81. The minimum atomic E-state index is 0.0887. The Labute approximate surface area is 96.2 Å². The fourth-order valence-corrected chi connectivity index (χ4v) is 2.43. The van der Waals surface area contributed by atoms with Crippen LogP contribution < -0.4 is 10.1 Å². The largest absolute Gasteiger partial charge is 0.495 e. The third-order valence-electron chi connectivity index (χ3n) is 2.51. The average Bonchev–Trinajstić information content (AvgIpc) is 2.64. The fourth-order valence-electron chi connectivity index (χ4n) is 1.80. The van der Waals surface area contributed by atoms with Crippen LogP contribution in [-0.4, -0.2) is 24.5 Å². The summed E-state index contributed by atoms with van der Waals surface area (Å²) in [5.41, 5.74) is 1.02. The van der Waals surface area contributed by atoms with Crippen molar-refractivity contribution in [3.63, 3.8) is 0 Å². The first kappa shape index (κ1) is 10.4. The van der Waals surface area contributed by atoms with Crippen LogP contribution in [0.15, 0.2) is 16.9 Å². The standard InChI is InChI=1S/C10H11BrN2O2/c1-15-8-5-12-4-7(11)10(8)6-2-9(14)13-3-6/h4-6H,2-3H2,1H3,(H,13,14). The molecule has 80 valence electrons. The predicted octanol–water partition coefficient (Wildman–Crippen LogP) is 1.46. The summed E-state index contributed by atoms with van der Waals surface area (Å²) in [6.45, 7) is 0.664. The van der Waals surface area contributed by atoms with Gasteiger partial charge in [-0.3, -0.25) is 9.78 Å². The van der Waals surface area contributed by atoms with E-state index < -0.39 is 0 Å². The lowest BCUT2D eigenvalue weighted by Crippen LogP contribution is -2.13. The quantitative estimate of drug-likeness (QED) is 0.885. The third-order valence-corrected chi connectivity index (χ3v) is 3.14. The van der Waals surface area contributed by atoms with Gasteiger partial charge in [0, 0.05) is 35.1 Å². The van der Waals surface area contributed by atoms with E-state index in [1.807, 2.05) is 0 Å². The number of aromatic nitrogens is 1. The molecule has 1 N–H and O–H groups in total. The van der Waals surface area contributed by atoms with Crippen LogP contribution in [0.3, 0.4) is 0 Å². The molecule has 0 saturated carbocycles. The van der Waals surface area contributed by atoms with E-state index in [-0.39, 0.29) is 11.8 Å². The van der Waals surface area contributed by atoms with Gasteiger partial charge < -0.3 is 10.1 Å². The maximum atomic E-state index is 11.2. The first-order chi connectivity index (χ1) is 7.22. The molecule has 1 atom stereocenters. The number of nitrogens with one attached hydrogen (secondary N) is 1. The van der Waals surface area contributed by atoms with Crippen molar-refractivity contribution in [2.75, 3.05) is 13.7 Å². The van der Waals surface area contributed by atoms with E-state index in [1.54, 1.807) is 19.5 Å². The Hall–Kier alpha value is -1.10. The minimum Gasteiger partial charge on any atom is -0.495 e. The second-order valence-electron chi connectivity index (χ2n) is 3.44. The van der Waals surface area contributed by atoms with Gasteiger partial charge in [0.1, 0.15) is 5.75 Å². The molecule has 0 aliphatic carbocycles. The van der Waals surface area contributed by atoms with E-state index in [4.69, 9.17) is 4.74 Å². The second kappa shape index (κ2) is 4.18. The molecule has 1 aromatic rings. The van der Waals surface area contributed by atoms with Crippen LogP contribution in [0, 0.1) is 0 Å². The van der Waals surface area contributed by atoms with Crippen LogP contribution in [0.25, 0.3) is 0 Å². The lowest BCUT2D eigenvalue weighted by Gasteiger charge is -2.14. The van der Waals surface area contributed by atoms with Crippen LogP contribution in [0.2, 0.25) is 0 Å². The molecule has 15 heavy (non-hydrogen) atoms. The lowest BCUT2D eigenvalue weighted by atomic mass is 9.99. The smallest absolute Gasteiger partial charge is 0.220 e. The first-order valence-corrected chi connectivity index (χ1v) is 5.45. The molecule has 2 heterocycles. The van der Waals surface area contributed by atoms with Gasteiger partial charge in [-0.1, -0.05) is 0 Å². The number of carbonyl (C=O) groups excluding carboxylic acids is 1. The van der Waals surface area contributed by atoms with Crippen molar-refractivity contribution in [3.05, 3.63) is 22.4 Å². The van der Waals surface area contributed by atoms with Gasteiger partial charge in [0.05, 0.1) is 13.3 Å². The summed E-state index contributed by atoms with van der Waals surface area (Å²) in [6.07, 6.45) is 3.91. The second-order valence-corrected chi connectivity index (χ2v) is 4.30. The number of ether oxygens (including phenoxy) is 1. The zero-order valence-electron chi connectivity index (χ0n) is 8.29. The normalized spacial score (nSPS) is 20.1. The van der Waals surface area contributed by atoms with Gasteiger partial charge in [0.15, 0.2) is 0 Å². The van der Waals surface area contributed by atoms with Crippen molar-refractivity contribution < 1.29 is 9.53 Å². The Morgan fingerprint density at radius 3 is 3.00 bits per heavy atom. The van der Waals surface area contributed by atoms with Gasteiger partial charge in [-0.15, -0.1) is 0 Å². The molecular weight excluding hydrogens is 260 g/mol. The molecule has 1 aromatic heterocycles. The summed E-state index contributed by atoms with van der Waals surface area (Å²) in [7, 11) is 1.61. The van der Waals surface area contributed by atoms with Crippen molar-refractivity contribution in [1.29, 1.82) is 0 Å². The summed E-state index contributed by atoms with van der Waals surface area (Å²) < 4.78 is 6.13. The van der Waals surface area contributed by atoms with Crippen LogP contribution in [0.4, 0.5) is 0 Å². The molecule has 1 aliphatic rings. The van der Waals surface area contributed by atoms with E-state index in [0.29, 0.717) is 13.0 Å². The van der Waals surface area contributed by atoms with E-state index in [9.17, 15) is 4.79 Å². The van der Waals surface area contributed by atoms with Crippen molar-refractivity contribution >= 4 is 21.8 Å². The number of pyridine rings is 1. The number of nitrogens with zero attached hydrogens (tertiary/aromatic N) is 1. The zero-order valence-corrected chi connectivity index (χ0v) is 9.87. The summed E-state index contributed by atoms with van der Waals surface area (Å²) in [6, 6.07) is 0. The van der Waals surface area contributed by atoms with Crippen molar-refractivity contribution in [2.45, 2.75) is 12.3 Å². The molecule has 1 fully saturated rings. The number of hydrogen-bond acceptors (Lipinski definition) is 3. The van der Waals surface area contributed by atoms with Crippen LogP contribution >= 0.6 is 15.9 Å². The molecule has 1 saturated heterocycles. The highest BCUT2D eigenvalue weighted by atomic mass is 79.9. The number of carbonyl (C=O) groups is 1. The Bertz CT molecular complexity index is 395. The number of halogens is 1. The third kappa shape index (κ3) is 1.97. The first-order valence-electron chi connectivity index (χ1n) is 4.66. The summed E-state index contributed by atoms with van der Waals surface area (Å²) in [5.74, 6) is 0.987. The van der Waals surface area contributed by atoms with Crippen LogP contribution in [-0.2, 0) is 4.79 Å². The van der Waals surface area contributed by atoms with Gasteiger partial charge in [0.25, 0.3) is 0 Å². The Morgan fingerprint density at radius 2 is 2.40 bits per heavy atom. The van der Waals surface area contributed by atoms with E-state index >= 15 is 0 Å². The van der Waals surface area contributed by atoms with Crippen LogP contribution in [0.5, 0.6) is 5.75 Å². The Morgan fingerprint density at radius 1 is 1.60 bits per heavy atom. The molecule has 1 aliphatic heterocycles. The Kier molecular flexibility index (Phi) is 2.90. The van der Waals surface area contributed by atoms with Gasteiger partial charge in [-0.05, 0) is 15.9 Å². The highest BCUT2D eigenvalue weighted by molar-refractivity contribution is 9.10. The molecule has 0 aromatic carbocycles. The zero-order chi connectivity index (χ0) is 10.8. The van der Waals surface area contributed by atoms with Crippen LogP contribution in [0.1, 0.15) is 17.9 Å². The van der Waals surface area contributed by atoms with Crippen molar-refractivity contribution in [1.82, 2.24) is 10.3 Å². The average molecular weight is 271 g/mol. The van der Waals surface area contributed by atoms with E-state index in [0.717, 1.165) is 15.8 Å². The minimum absolute atomic E-state index is 0.0887. The SMILES string of the molecule is COc1cncc(Br)c1C1CNC(=O)C1. The van der Waals surface area contributed by atoms with Crippen molar-refractivity contribution in [2.24, 2.45) is 0 Å².